The number of hydrogen-bond donors (Lipinski definition) is 6. The Balaban J connectivity index is 1.57. The molecular weight excluding hydrogens is 410 g/mol. The van der Waals surface area contributed by atoms with Gasteiger partial charge in [0.2, 0.25) is 5.91 Å². The molecule has 0 aromatic heterocycles. The Labute approximate surface area is 185 Å². The lowest BCUT2D eigenvalue weighted by Crippen LogP contribution is -2.50. The highest BCUT2D eigenvalue weighted by molar-refractivity contribution is 5.97. The van der Waals surface area contributed by atoms with Gasteiger partial charge in [-0.2, -0.15) is 0 Å². The maximum absolute atomic E-state index is 12.2. The summed E-state index contributed by atoms with van der Waals surface area (Å²) in [4.78, 5) is 35.8. The standard InChI is InChI=1S/C23H25N5O4/c24-14-20(23(31)28-32)27-21(29)17-9-5-15(6-10-17)3-4-16-7-11-18(12-8-16)26-22(30)19-2-1-13-25-19/h5-12,19-20,25,32H,1-2,13-14,24H2,(H,26,30)(H,27,29)(H,28,31)/t19-,20-/m0/s1. The number of rotatable bonds is 6. The summed E-state index contributed by atoms with van der Waals surface area (Å²) in [5, 5.41) is 17.2. The molecule has 2 aromatic carbocycles. The normalized spacial score (nSPS) is 15.8. The fourth-order valence-corrected chi connectivity index (χ4v) is 3.17. The molecule has 0 bridgehead atoms. The number of amides is 3. The summed E-state index contributed by atoms with van der Waals surface area (Å²) in [7, 11) is 0. The second-order valence-corrected chi connectivity index (χ2v) is 7.28. The minimum atomic E-state index is -1.03. The van der Waals surface area contributed by atoms with E-state index in [1.807, 2.05) is 12.1 Å². The van der Waals surface area contributed by atoms with Crippen LogP contribution < -0.4 is 27.2 Å². The molecule has 0 radical (unpaired) electrons. The van der Waals surface area contributed by atoms with Crippen LogP contribution in [0.15, 0.2) is 48.5 Å². The first-order valence-electron chi connectivity index (χ1n) is 10.2. The van der Waals surface area contributed by atoms with E-state index in [0.717, 1.165) is 30.6 Å². The first-order valence-corrected chi connectivity index (χ1v) is 10.2. The summed E-state index contributed by atoms with van der Waals surface area (Å²) in [6.45, 7) is 0.717. The molecule has 2 aromatic rings. The highest BCUT2D eigenvalue weighted by Gasteiger charge is 2.22. The summed E-state index contributed by atoms with van der Waals surface area (Å²) in [5.41, 5.74) is 9.43. The van der Waals surface area contributed by atoms with Gasteiger partial charge in [-0.3, -0.25) is 19.6 Å². The van der Waals surface area contributed by atoms with E-state index in [9.17, 15) is 14.4 Å². The summed E-state index contributed by atoms with van der Waals surface area (Å²) >= 11 is 0. The quantitative estimate of drug-likeness (QED) is 0.219. The number of nitrogens with two attached hydrogens (primary N) is 1. The second kappa shape index (κ2) is 11.1. The molecule has 7 N–H and O–H groups in total. The highest BCUT2D eigenvalue weighted by atomic mass is 16.5. The first kappa shape index (κ1) is 23.0. The molecule has 9 nitrogen and oxygen atoms in total. The van der Waals surface area contributed by atoms with E-state index in [0.29, 0.717) is 11.1 Å². The van der Waals surface area contributed by atoms with Gasteiger partial charge < -0.3 is 21.7 Å². The number of carbonyl (C=O) groups excluding carboxylic acids is 3. The fraction of sp³-hybridized carbons (Fsp3) is 0.261. The molecule has 3 amide bonds. The molecule has 1 saturated heterocycles. The van der Waals surface area contributed by atoms with Gasteiger partial charge in [0.15, 0.2) is 0 Å². The van der Waals surface area contributed by atoms with Gasteiger partial charge in [0.1, 0.15) is 6.04 Å². The maximum atomic E-state index is 12.2. The van der Waals surface area contributed by atoms with Gasteiger partial charge in [-0.15, -0.1) is 0 Å². The lowest BCUT2D eigenvalue weighted by Gasteiger charge is -2.14. The molecule has 0 saturated carbocycles. The smallest absolute Gasteiger partial charge is 0.267 e. The van der Waals surface area contributed by atoms with Crippen molar-refractivity contribution in [2.24, 2.45) is 5.73 Å². The van der Waals surface area contributed by atoms with Gasteiger partial charge in [-0.25, -0.2) is 5.48 Å². The SMILES string of the molecule is NC[C@H](NC(=O)c1ccc(C#Cc2ccc(NC(=O)[C@@H]3CCCN3)cc2)cc1)C(=O)NO. The zero-order valence-corrected chi connectivity index (χ0v) is 17.4. The van der Waals surface area contributed by atoms with Gasteiger partial charge in [0.05, 0.1) is 6.04 Å². The zero-order chi connectivity index (χ0) is 22.9. The van der Waals surface area contributed by atoms with Gasteiger partial charge in [0.25, 0.3) is 11.8 Å². The maximum Gasteiger partial charge on any atom is 0.267 e. The number of carbonyl (C=O) groups is 3. The van der Waals surface area contributed by atoms with E-state index in [-0.39, 0.29) is 18.5 Å². The minimum absolute atomic E-state index is 0.0276. The van der Waals surface area contributed by atoms with Crippen LogP contribution in [0, 0.1) is 11.8 Å². The van der Waals surface area contributed by atoms with Crippen LogP contribution in [-0.4, -0.2) is 48.1 Å². The fourth-order valence-electron chi connectivity index (χ4n) is 3.17. The molecule has 0 spiro atoms. The number of hydrogen-bond acceptors (Lipinski definition) is 6. The van der Waals surface area contributed by atoms with Crippen molar-refractivity contribution in [3.05, 3.63) is 65.2 Å². The van der Waals surface area contributed by atoms with Crippen LogP contribution in [-0.2, 0) is 9.59 Å². The third-order valence-electron chi connectivity index (χ3n) is 5.00. The van der Waals surface area contributed by atoms with Crippen LogP contribution in [0.2, 0.25) is 0 Å². The molecule has 1 aliphatic rings. The molecule has 1 fully saturated rings. The molecule has 1 heterocycles. The zero-order valence-electron chi connectivity index (χ0n) is 17.4. The average Bonchev–Trinajstić information content (AvgIpc) is 3.37. The van der Waals surface area contributed by atoms with Crippen molar-refractivity contribution in [1.82, 2.24) is 16.1 Å². The van der Waals surface area contributed by atoms with Gasteiger partial charge in [-0.1, -0.05) is 11.8 Å². The average molecular weight is 435 g/mol. The number of hydroxylamine groups is 1. The molecule has 3 rings (SSSR count). The molecular formula is C23H25N5O4. The molecule has 9 heteroatoms. The Morgan fingerprint density at radius 3 is 2.22 bits per heavy atom. The third kappa shape index (κ3) is 6.15. The van der Waals surface area contributed by atoms with Crippen molar-refractivity contribution in [2.45, 2.75) is 24.9 Å². The lowest BCUT2D eigenvalue weighted by atomic mass is 10.1. The van der Waals surface area contributed by atoms with Crippen molar-refractivity contribution in [3.8, 4) is 11.8 Å². The summed E-state index contributed by atoms with van der Waals surface area (Å²) in [6.07, 6.45) is 1.86. The minimum Gasteiger partial charge on any atom is -0.339 e. The van der Waals surface area contributed by atoms with Crippen molar-refractivity contribution in [3.63, 3.8) is 0 Å². The molecule has 0 aliphatic carbocycles. The Bertz CT molecular complexity index is 1020. The van der Waals surface area contributed by atoms with Crippen LogP contribution >= 0.6 is 0 Å². The van der Waals surface area contributed by atoms with Crippen LogP contribution in [0.25, 0.3) is 0 Å². The lowest BCUT2D eigenvalue weighted by molar-refractivity contribution is -0.130. The Hall–Kier alpha value is -3.71. The van der Waals surface area contributed by atoms with E-state index < -0.39 is 17.9 Å². The molecule has 1 aliphatic heterocycles. The van der Waals surface area contributed by atoms with Crippen molar-refractivity contribution >= 4 is 23.4 Å². The molecule has 0 unspecified atom stereocenters. The van der Waals surface area contributed by atoms with Gasteiger partial charge in [0, 0.05) is 28.9 Å². The van der Waals surface area contributed by atoms with Crippen LogP contribution in [0.4, 0.5) is 5.69 Å². The Kier molecular flexibility index (Phi) is 7.94. The van der Waals surface area contributed by atoms with Crippen molar-refractivity contribution in [1.29, 1.82) is 0 Å². The predicted molar refractivity (Wildman–Crippen MR) is 119 cm³/mol. The van der Waals surface area contributed by atoms with Crippen LogP contribution in [0.1, 0.15) is 34.3 Å². The Morgan fingerprint density at radius 1 is 1.06 bits per heavy atom. The topological polar surface area (TPSA) is 146 Å². The monoisotopic (exact) mass is 435 g/mol. The van der Waals surface area contributed by atoms with E-state index in [1.54, 1.807) is 36.4 Å². The molecule has 32 heavy (non-hydrogen) atoms. The molecule has 2 atom stereocenters. The number of anilines is 1. The highest BCUT2D eigenvalue weighted by Crippen LogP contribution is 2.12. The number of nitrogens with one attached hydrogen (secondary N) is 4. The summed E-state index contributed by atoms with van der Waals surface area (Å²) in [5.74, 6) is 4.74. The van der Waals surface area contributed by atoms with Gasteiger partial charge in [-0.05, 0) is 67.9 Å². The molecule has 166 valence electrons. The van der Waals surface area contributed by atoms with Crippen LogP contribution in [0.3, 0.4) is 0 Å². The Morgan fingerprint density at radius 2 is 1.69 bits per heavy atom. The van der Waals surface area contributed by atoms with E-state index in [1.165, 1.54) is 5.48 Å². The van der Waals surface area contributed by atoms with E-state index >= 15 is 0 Å². The number of benzene rings is 2. The predicted octanol–water partition coefficient (Wildman–Crippen LogP) is 0.339. The van der Waals surface area contributed by atoms with Crippen molar-refractivity contribution in [2.75, 3.05) is 18.4 Å². The third-order valence-corrected chi connectivity index (χ3v) is 5.00. The van der Waals surface area contributed by atoms with Crippen molar-refractivity contribution < 1.29 is 19.6 Å². The summed E-state index contributed by atoms with van der Waals surface area (Å²) < 4.78 is 0. The first-order chi connectivity index (χ1) is 15.5. The van der Waals surface area contributed by atoms with Crippen LogP contribution in [0.5, 0.6) is 0 Å². The largest absolute Gasteiger partial charge is 0.339 e. The summed E-state index contributed by atoms with van der Waals surface area (Å²) in [6, 6.07) is 12.6. The van der Waals surface area contributed by atoms with Gasteiger partial charge >= 0.3 is 0 Å². The second-order valence-electron chi connectivity index (χ2n) is 7.28. The van der Waals surface area contributed by atoms with E-state index in [2.05, 4.69) is 27.8 Å². The van der Waals surface area contributed by atoms with E-state index in [4.69, 9.17) is 10.9 Å².